The molecule has 0 amide bonds. The van der Waals surface area contributed by atoms with Gasteiger partial charge in [0, 0.05) is 13.1 Å². The monoisotopic (exact) mass is 129 g/mol. The first kappa shape index (κ1) is 6.99. The van der Waals surface area contributed by atoms with E-state index < -0.39 is 0 Å². The molecule has 0 aromatic rings. The van der Waals surface area contributed by atoms with Gasteiger partial charge in [-0.25, -0.2) is 5.32 Å². The van der Waals surface area contributed by atoms with Crippen molar-refractivity contribution in [3.8, 4) is 0 Å². The van der Waals surface area contributed by atoms with Crippen molar-refractivity contribution in [2.75, 3.05) is 26.9 Å². The van der Waals surface area contributed by atoms with E-state index in [2.05, 4.69) is 10.6 Å². The highest BCUT2D eigenvalue weighted by atomic mass is 16.5. The van der Waals surface area contributed by atoms with Crippen LogP contribution < -0.4 is 10.6 Å². The van der Waals surface area contributed by atoms with Gasteiger partial charge < -0.3 is 10.1 Å². The molecule has 0 saturated carbocycles. The van der Waals surface area contributed by atoms with Crippen molar-refractivity contribution in [1.29, 1.82) is 0 Å². The van der Waals surface area contributed by atoms with Crippen LogP contribution in [0, 0.1) is 0 Å². The van der Waals surface area contributed by atoms with Crippen LogP contribution in [0.5, 0.6) is 0 Å². The zero-order valence-electron chi connectivity index (χ0n) is 5.76. The molecule has 1 N–H and O–H groups in total. The van der Waals surface area contributed by atoms with E-state index in [0.29, 0.717) is 12.8 Å². The summed E-state index contributed by atoms with van der Waals surface area (Å²) in [5, 5.41) is 7.13. The molecule has 0 aromatic heterocycles. The van der Waals surface area contributed by atoms with E-state index in [1.165, 1.54) is 0 Å². The van der Waals surface area contributed by atoms with E-state index in [1.807, 2.05) is 7.05 Å². The molecule has 1 rings (SSSR count). The molecule has 1 saturated heterocycles. The Morgan fingerprint density at radius 2 is 2.67 bits per heavy atom. The summed E-state index contributed by atoms with van der Waals surface area (Å²) in [6, 6.07) is 0. The summed E-state index contributed by atoms with van der Waals surface area (Å²) in [7, 11) is 1.94. The molecule has 1 atom stereocenters. The fourth-order valence-corrected chi connectivity index (χ4v) is 0.930. The third kappa shape index (κ3) is 2.30. The topological polar surface area (TPSA) is 35.4 Å². The largest absolute Gasteiger partial charge is 0.360 e. The van der Waals surface area contributed by atoms with Gasteiger partial charge in [-0.05, 0) is 13.5 Å². The smallest absolute Gasteiger partial charge is 0.112 e. The minimum Gasteiger partial charge on any atom is -0.360 e. The number of rotatable bonds is 2. The molecule has 9 heavy (non-hydrogen) atoms. The molecule has 1 unspecified atom stereocenters. The summed E-state index contributed by atoms with van der Waals surface area (Å²) in [5.74, 6) is 0. The maximum atomic E-state index is 5.29. The first-order valence-electron chi connectivity index (χ1n) is 3.33. The van der Waals surface area contributed by atoms with E-state index in [0.717, 1.165) is 19.5 Å². The van der Waals surface area contributed by atoms with E-state index >= 15 is 0 Å². The van der Waals surface area contributed by atoms with E-state index in [-0.39, 0.29) is 0 Å². The van der Waals surface area contributed by atoms with Gasteiger partial charge in [0.15, 0.2) is 0 Å². The Balaban J connectivity index is 2.08. The van der Waals surface area contributed by atoms with Crippen LogP contribution in [0.25, 0.3) is 0 Å². The molecular weight excluding hydrogens is 116 g/mol. The summed E-state index contributed by atoms with van der Waals surface area (Å²) in [6.07, 6.45) is 1.47. The van der Waals surface area contributed by atoms with Crippen LogP contribution in [0.3, 0.4) is 0 Å². The van der Waals surface area contributed by atoms with Gasteiger partial charge in [-0.2, -0.15) is 0 Å². The first-order chi connectivity index (χ1) is 4.43. The van der Waals surface area contributed by atoms with Crippen LogP contribution in [0.2, 0.25) is 0 Å². The van der Waals surface area contributed by atoms with Crippen molar-refractivity contribution < 1.29 is 4.74 Å². The van der Waals surface area contributed by atoms with Gasteiger partial charge in [-0.15, -0.1) is 0 Å². The Labute approximate surface area is 55.8 Å². The van der Waals surface area contributed by atoms with E-state index in [9.17, 15) is 0 Å². The fourth-order valence-electron chi connectivity index (χ4n) is 0.930. The second-order valence-corrected chi connectivity index (χ2v) is 2.21. The molecule has 1 radical (unpaired) electrons. The van der Waals surface area contributed by atoms with E-state index in [1.54, 1.807) is 0 Å². The summed E-state index contributed by atoms with van der Waals surface area (Å²) >= 11 is 0. The fraction of sp³-hybridized carbons (Fsp3) is 1.00. The number of likely N-dealkylation sites (N-methyl/N-ethyl adjacent to an activating group) is 1. The van der Waals surface area contributed by atoms with Crippen LogP contribution in [0.1, 0.15) is 6.42 Å². The predicted molar refractivity (Wildman–Crippen MR) is 35.3 cm³/mol. The number of hydrogen-bond donors (Lipinski definition) is 1. The second-order valence-electron chi connectivity index (χ2n) is 2.21. The van der Waals surface area contributed by atoms with Crippen LogP contribution in [0.15, 0.2) is 0 Å². The van der Waals surface area contributed by atoms with Gasteiger partial charge >= 0.3 is 0 Å². The lowest BCUT2D eigenvalue weighted by Crippen LogP contribution is -2.35. The summed E-state index contributed by atoms with van der Waals surface area (Å²) in [6.45, 7) is 2.51. The van der Waals surface area contributed by atoms with Crippen molar-refractivity contribution >= 4 is 0 Å². The van der Waals surface area contributed by atoms with Gasteiger partial charge in [0.2, 0.25) is 0 Å². The summed E-state index contributed by atoms with van der Waals surface area (Å²) < 4.78 is 5.29. The van der Waals surface area contributed by atoms with Crippen molar-refractivity contribution in [1.82, 2.24) is 10.6 Å². The number of nitrogens with zero attached hydrogens (tertiary/aromatic N) is 1. The predicted octanol–water partition coefficient (Wildman–Crippen LogP) is -0.443. The maximum absolute atomic E-state index is 5.29. The molecule has 1 fully saturated rings. The Kier molecular flexibility index (Phi) is 2.97. The van der Waals surface area contributed by atoms with Crippen molar-refractivity contribution in [2.45, 2.75) is 12.5 Å². The van der Waals surface area contributed by atoms with Crippen molar-refractivity contribution in [3.05, 3.63) is 0 Å². The molecule has 3 nitrogen and oxygen atoms in total. The second kappa shape index (κ2) is 3.82. The standard InChI is InChI=1S/C6H13N2O/c1-7-4-6-2-3-8-5-9-6/h6-7H,2-5H2,1H3. The van der Waals surface area contributed by atoms with Crippen molar-refractivity contribution in [3.63, 3.8) is 0 Å². The summed E-state index contributed by atoms with van der Waals surface area (Å²) in [5.41, 5.74) is 0. The zero-order valence-corrected chi connectivity index (χ0v) is 5.76. The SMILES string of the molecule is CNCC1CC[N]CO1. The average Bonchev–Trinajstić information content (AvgIpc) is 1.91. The molecule has 1 heterocycles. The number of ether oxygens (including phenoxy) is 1. The normalized spacial score (nSPS) is 28.3. The first-order valence-corrected chi connectivity index (χ1v) is 3.33. The molecule has 0 spiro atoms. The quantitative estimate of drug-likeness (QED) is 0.548. The lowest BCUT2D eigenvalue weighted by atomic mass is 10.2. The lowest BCUT2D eigenvalue weighted by Gasteiger charge is -2.21. The number of hydrogen-bond acceptors (Lipinski definition) is 2. The van der Waals surface area contributed by atoms with Gasteiger partial charge in [-0.1, -0.05) is 0 Å². The van der Waals surface area contributed by atoms with Crippen LogP contribution in [-0.2, 0) is 4.74 Å². The minimum atomic E-state index is 0.396. The minimum absolute atomic E-state index is 0.396. The molecule has 53 valence electrons. The molecule has 1 aliphatic rings. The van der Waals surface area contributed by atoms with Crippen LogP contribution >= 0.6 is 0 Å². The Morgan fingerprint density at radius 3 is 3.22 bits per heavy atom. The molecule has 0 aromatic carbocycles. The molecule has 1 aliphatic heterocycles. The van der Waals surface area contributed by atoms with Crippen molar-refractivity contribution in [2.24, 2.45) is 0 Å². The third-order valence-corrected chi connectivity index (χ3v) is 1.44. The van der Waals surface area contributed by atoms with Gasteiger partial charge in [0.05, 0.1) is 6.10 Å². The number of nitrogens with one attached hydrogen (secondary N) is 1. The highest BCUT2D eigenvalue weighted by Crippen LogP contribution is 2.00. The zero-order chi connectivity index (χ0) is 6.53. The van der Waals surface area contributed by atoms with Gasteiger partial charge in [-0.3, -0.25) is 0 Å². The highest BCUT2D eigenvalue weighted by molar-refractivity contribution is 4.64. The van der Waals surface area contributed by atoms with Gasteiger partial charge in [0.25, 0.3) is 0 Å². The molecule has 0 aliphatic carbocycles. The molecular formula is C6H13N2O. The third-order valence-electron chi connectivity index (χ3n) is 1.44. The highest BCUT2D eigenvalue weighted by Gasteiger charge is 2.11. The molecule has 0 bridgehead atoms. The Bertz CT molecular complexity index is 68.7. The average molecular weight is 129 g/mol. The molecule has 3 heteroatoms. The van der Waals surface area contributed by atoms with Gasteiger partial charge in [0.1, 0.15) is 6.73 Å². The van der Waals surface area contributed by atoms with Crippen LogP contribution in [0.4, 0.5) is 0 Å². The maximum Gasteiger partial charge on any atom is 0.112 e. The van der Waals surface area contributed by atoms with E-state index in [4.69, 9.17) is 4.74 Å². The Morgan fingerprint density at radius 1 is 1.78 bits per heavy atom. The Hall–Kier alpha value is -0.120. The summed E-state index contributed by atoms with van der Waals surface area (Å²) in [4.78, 5) is 0. The van der Waals surface area contributed by atoms with Crippen LogP contribution in [-0.4, -0.2) is 33.0 Å². The lowest BCUT2D eigenvalue weighted by molar-refractivity contribution is 0.00704.